The molecule has 1 N–H and O–H groups in total. The van der Waals surface area contributed by atoms with E-state index in [0.717, 1.165) is 19.1 Å². The van der Waals surface area contributed by atoms with Crippen LogP contribution in [0.4, 0.5) is 0 Å². The van der Waals surface area contributed by atoms with Gasteiger partial charge >= 0.3 is 0 Å². The lowest BCUT2D eigenvalue weighted by Gasteiger charge is -2.33. The summed E-state index contributed by atoms with van der Waals surface area (Å²) in [6.45, 7) is 5.57. The summed E-state index contributed by atoms with van der Waals surface area (Å²) < 4.78 is 5.45. The first-order chi connectivity index (χ1) is 8.42. The fraction of sp³-hybridized carbons (Fsp3) is 0.769. The molecule has 3 heterocycles. The molecule has 3 rings (SSSR count). The maximum absolute atomic E-state index is 5.45. The van der Waals surface area contributed by atoms with Crippen molar-refractivity contribution in [1.82, 2.24) is 15.1 Å². The molecule has 0 amide bonds. The molecule has 2 aliphatic rings. The highest BCUT2D eigenvalue weighted by molar-refractivity contribution is 5.07. The highest BCUT2D eigenvalue weighted by atomic mass is 16.5. The minimum absolute atomic E-state index is 0.647. The largest absolute Gasteiger partial charge is 0.381 e. The van der Waals surface area contributed by atoms with Crippen LogP contribution in [0.5, 0.6) is 0 Å². The number of aromatic nitrogens is 2. The smallest absolute Gasteiger partial charge is 0.0507 e. The molecule has 0 aliphatic carbocycles. The van der Waals surface area contributed by atoms with Crippen molar-refractivity contribution in [2.75, 3.05) is 32.8 Å². The SMILES string of the molecule is c1cc(C2CCCN(CC3CCOC3)C2)[nH]n1. The lowest BCUT2D eigenvalue weighted by molar-refractivity contribution is 0.149. The van der Waals surface area contributed by atoms with Crippen LogP contribution in [0.3, 0.4) is 0 Å². The number of ether oxygens (including phenoxy) is 1. The molecule has 1 aromatic heterocycles. The van der Waals surface area contributed by atoms with Crippen LogP contribution in [0.1, 0.15) is 30.9 Å². The Hall–Kier alpha value is -0.870. The molecule has 4 heteroatoms. The summed E-state index contributed by atoms with van der Waals surface area (Å²) in [5.74, 6) is 1.41. The van der Waals surface area contributed by atoms with E-state index in [1.807, 2.05) is 6.20 Å². The number of nitrogens with zero attached hydrogens (tertiary/aromatic N) is 2. The molecule has 2 aliphatic heterocycles. The van der Waals surface area contributed by atoms with Crippen LogP contribution >= 0.6 is 0 Å². The number of H-pyrrole nitrogens is 1. The Morgan fingerprint density at radius 2 is 2.47 bits per heavy atom. The molecule has 17 heavy (non-hydrogen) atoms. The van der Waals surface area contributed by atoms with E-state index in [0.29, 0.717) is 5.92 Å². The highest BCUT2D eigenvalue weighted by Crippen LogP contribution is 2.26. The molecule has 0 aromatic carbocycles. The summed E-state index contributed by atoms with van der Waals surface area (Å²) >= 11 is 0. The maximum atomic E-state index is 5.45. The molecule has 0 saturated carbocycles. The summed E-state index contributed by atoms with van der Waals surface area (Å²) in [5.41, 5.74) is 1.30. The molecule has 1 aromatic rings. The molecule has 4 nitrogen and oxygen atoms in total. The zero-order chi connectivity index (χ0) is 11.5. The Bertz CT molecular complexity index is 332. The monoisotopic (exact) mass is 235 g/mol. The first-order valence-electron chi connectivity index (χ1n) is 6.71. The van der Waals surface area contributed by atoms with Crippen molar-refractivity contribution in [3.63, 3.8) is 0 Å². The quantitative estimate of drug-likeness (QED) is 0.865. The number of hydrogen-bond acceptors (Lipinski definition) is 3. The van der Waals surface area contributed by atoms with Crippen molar-refractivity contribution < 1.29 is 4.74 Å². The lowest BCUT2D eigenvalue weighted by Crippen LogP contribution is -2.38. The van der Waals surface area contributed by atoms with Crippen LogP contribution in [0.2, 0.25) is 0 Å². The summed E-state index contributed by atoms with van der Waals surface area (Å²) in [7, 11) is 0. The van der Waals surface area contributed by atoms with E-state index < -0.39 is 0 Å². The molecule has 0 spiro atoms. The zero-order valence-corrected chi connectivity index (χ0v) is 10.3. The summed E-state index contributed by atoms with van der Waals surface area (Å²) in [5, 5.41) is 7.18. The molecule has 2 fully saturated rings. The standard InChI is InChI=1S/C13H21N3O/c1-2-12(13-3-5-14-15-13)9-16(6-1)8-11-4-7-17-10-11/h3,5,11-12H,1-2,4,6-10H2,(H,14,15). The van der Waals surface area contributed by atoms with Gasteiger partial charge in [-0.25, -0.2) is 0 Å². The predicted molar refractivity (Wildman–Crippen MR) is 65.9 cm³/mol. The van der Waals surface area contributed by atoms with Gasteiger partial charge in [-0.05, 0) is 37.8 Å². The van der Waals surface area contributed by atoms with Crippen molar-refractivity contribution in [2.24, 2.45) is 5.92 Å². The number of aromatic amines is 1. The number of likely N-dealkylation sites (tertiary alicyclic amines) is 1. The van der Waals surface area contributed by atoms with E-state index >= 15 is 0 Å². The molecule has 94 valence electrons. The van der Waals surface area contributed by atoms with Crippen LogP contribution in [0.15, 0.2) is 12.3 Å². The number of piperidine rings is 1. The van der Waals surface area contributed by atoms with Gasteiger partial charge in [0.15, 0.2) is 0 Å². The Labute approximate surface area is 102 Å². The van der Waals surface area contributed by atoms with Gasteiger partial charge < -0.3 is 9.64 Å². The third kappa shape index (κ3) is 2.69. The van der Waals surface area contributed by atoms with E-state index in [2.05, 4.69) is 21.2 Å². The summed E-state index contributed by atoms with van der Waals surface area (Å²) in [6, 6.07) is 2.12. The maximum Gasteiger partial charge on any atom is 0.0507 e. The zero-order valence-electron chi connectivity index (χ0n) is 10.3. The average Bonchev–Trinajstić information content (AvgIpc) is 3.01. The van der Waals surface area contributed by atoms with Gasteiger partial charge in [0.25, 0.3) is 0 Å². The van der Waals surface area contributed by atoms with Gasteiger partial charge in [-0.2, -0.15) is 5.10 Å². The van der Waals surface area contributed by atoms with E-state index in [-0.39, 0.29) is 0 Å². The van der Waals surface area contributed by atoms with Gasteiger partial charge in [-0.15, -0.1) is 0 Å². The Kier molecular flexibility index (Phi) is 3.43. The minimum atomic E-state index is 0.647. The van der Waals surface area contributed by atoms with E-state index in [4.69, 9.17) is 4.74 Å². The number of nitrogens with one attached hydrogen (secondary N) is 1. The number of hydrogen-bond donors (Lipinski definition) is 1. The van der Waals surface area contributed by atoms with Gasteiger partial charge in [-0.1, -0.05) is 0 Å². The minimum Gasteiger partial charge on any atom is -0.381 e. The predicted octanol–water partition coefficient (Wildman–Crippen LogP) is 1.63. The first-order valence-corrected chi connectivity index (χ1v) is 6.71. The topological polar surface area (TPSA) is 41.1 Å². The second-order valence-electron chi connectivity index (χ2n) is 5.34. The molecular weight excluding hydrogens is 214 g/mol. The van der Waals surface area contributed by atoms with Crippen LogP contribution in [0.25, 0.3) is 0 Å². The van der Waals surface area contributed by atoms with Crippen molar-refractivity contribution in [3.05, 3.63) is 18.0 Å². The third-order valence-corrected chi connectivity index (χ3v) is 4.01. The Morgan fingerprint density at radius 3 is 3.24 bits per heavy atom. The van der Waals surface area contributed by atoms with Crippen LogP contribution in [-0.4, -0.2) is 47.9 Å². The molecule has 2 saturated heterocycles. The van der Waals surface area contributed by atoms with Gasteiger partial charge in [0, 0.05) is 37.5 Å². The van der Waals surface area contributed by atoms with Crippen molar-refractivity contribution in [2.45, 2.75) is 25.2 Å². The fourth-order valence-electron chi connectivity index (χ4n) is 3.06. The third-order valence-electron chi connectivity index (χ3n) is 4.01. The Balaban J connectivity index is 1.56. The lowest BCUT2D eigenvalue weighted by atomic mass is 9.94. The van der Waals surface area contributed by atoms with Crippen molar-refractivity contribution in [3.8, 4) is 0 Å². The fourth-order valence-corrected chi connectivity index (χ4v) is 3.06. The van der Waals surface area contributed by atoms with E-state index in [1.54, 1.807) is 0 Å². The van der Waals surface area contributed by atoms with Gasteiger partial charge in [0.05, 0.1) is 6.61 Å². The van der Waals surface area contributed by atoms with Gasteiger partial charge in [-0.3, -0.25) is 5.10 Å². The van der Waals surface area contributed by atoms with Gasteiger partial charge in [0.2, 0.25) is 0 Å². The molecule has 0 radical (unpaired) electrons. The first kappa shape index (κ1) is 11.2. The summed E-state index contributed by atoms with van der Waals surface area (Å²) in [4.78, 5) is 2.61. The van der Waals surface area contributed by atoms with Crippen LogP contribution < -0.4 is 0 Å². The molecule has 2 atom stereocenters. The average molecular weight is 235 g/mol. The molecule has 0 bridgehead atoms. The van der Waals surface area contributed by atoms with Gasteiger partial charge in [0.1, 0.15) is 0 Å². The number of rotatable bonds is 3. The van der Waals surface area contributed by atoms with Crippen molar-refractivity contribution in [1.29, 1.82) is 0 Å². The van der Waals surface area contributed by atoms with E-state index in [9.17, 15) is 0 Å². The summed E-state index contributed by atoms with van der Waals surface area (Å²) in [6.07, 6.45) is 5.70. The van der Waals surface area contributed by atoms with Crippen LogP contribution in [0, 0.1) is 5.92 Å². The molecule has 2 unspecified atom stereocenters. The van der Waals surface area contributed by atoms with Crippen molar-refractivity contribution >= 4 is 0 Å². The Morgan fingerprint density at radius 1 is 1.47 bits per heavy atom. The highest BCUT2D eigenvalue weighted by Gasteiger charge is 2.25. The second-order valence-corrected chi connectivity index (χ2v) is 5.34. The second kappa shape index (κ2) is 5.19. The molecular formula is C13H21N3O. The van der Waals surface area contributed by atoms with Crippen LogP contribution in [-0.2, 0) is 4.74 Å². The normalized spacial score (nSPS) is 30.8. The van der Waals surface area contributed by atoms with E-state index in [1.165, 1.54) is 44.6 Å².